The Kier molecular flexibility index (Phi) is 4.46. The van der Waals surface area contributed by atoms with Crippen molar-refractivity contribution in [3.05, 3.63) is 36.0 Å². The van der Waals surface area contributed by atoms with E-state index >= 15 is 0 Å². The molecule has 0 bridgehead atoms. The van der Waals surface area contributed by atoms with Gasteiger partial charge in [0, 0.05) is 29.2 Å². The van der Waals surface area contributed by atoms with Gasteiger partial charge in [-0.05, 0) is 64.4 Å². The summed E-state index contributed by atoms with van der Waals surface area (Å²) in [5.74, 6) is 0. The molecule has 1 N–H and O–H groups in total. The highest BCUT2D eigenvalue weighted by atomic mass is 15.0. The topological polar surface area (TPSA) is 40.8 Å². The largest absolute Gasteiger partial charge is 0.347 e. The van der Waals surface area contributed by atoms with Crippen molar-refractivity contribution in [3.63, 3.8) is 0 Å². The third kappa shape index (κ3) is 3.85. The Hall–Kier alpha value is -1.79. The van der Waals surface area contributed by atoms with Gasteiger partial charge in [-0.15, -0.1) is 0 Å². The fraction of sp³-hybridized carbons (Fsp3) is 0.471. The van der Waals surface area contributed by atoms with Gasteiger partial charge < -0.3 is 9.88 Å². The van der Waals surface area contributed by atoms with E-state index < -0.39 is 0 Å². The number of hydrogen-bond donors (Lipinski definition) is 1. The van der Waals surface area contributed by atoms with Crippen molar-refractivity contribution in [1.29, 1.82) is 5.26 Å². The highest BCUT2D eigenvalue weighted by Gasteiger charge is 2.07. The quantitative estimate of drug-likeness (QED) is 0.841. The zero-order chi connectivity index (χ0) is 14.6. The Balaban J connectivity index is 1.89. The second-order valence-electron chi connectivity index (χ2n) is 6.28. The summed E-state index contributed by atoms with van der Waals surface area (Å²) >= 11 is 0. The number of aryl methyl sites for hydroxylation is 1. The van der Waals surface area contributed by atoms with Crippen molar-refractivity contribution in [1.82, 2.24) is 9.88 Å². The van der Waals surface area contributed by atoms with Crippen molar-refractivity contribution in [2.24, 2.45) is 0 Å². The van der Waals surface area contributed by atoms with E-state index in [1.165, 1.54) is 11.9 Å². The highest BCUT2D eigenvalue weighted by molar-refractivity contribution is 5.81. The summed E-state index contributed by atoms with van der Waals surface area (Å²) in [5, 5.41) is 13.6. The van der Waals surface area contributed by atoms with E-state index in [0.29, 0.717) is 0 Å². The first-order valence-electron chi connectivity index (χ1n) is 7.24. The Labute approximate surface area is 121 Å². The van der Waals surface area contributed by atoms with Crippen LogP contribution in [0.3, 0.4) is 0 Å². The summed E-state index contributed by atoms with van der Waals surface area (Å²) < 4.78 is 2.27. The van der Waals surface area contributed by atoms with Crippen LogP contribution in [0, 0.1) is 11.3 Å². The first-order chi connectivity index (χ1) is 9.49. The number of fused-ring (bicyclic) bond motifs is 1. The zero-order valence-electron chi connectivity index (χ0n) is 12.6. The average molecular weight is 269 g/mol. The average Bonchev–Trinajstić information content (AvgIpc) is 2.79. The van der Waals surface area contributed by atoms with Crippen LogP contribution in [0.1, 0.15) is 39.2 Å². The van der Waals surface area contributed by atoms with E-state index in [1.807, 2.05) is 18.2 Å². The van der Waals surface area contributed by atoms with Crippen LogP contribution in [-0.2, 0) is 6.54 Å². The van der Waals surface area contributed by atoms with Gasteiger partial charge in [-0.3, -0.25) is 0 Å². The molecule has 0 aliphatic rings. The number of hydrogen-bond acceptors (Lipinski definition) is 2. The predicted molar refractivity (Wildman–Crippen MR) is 83.6 cm³/mol. The van der Waals surface area contributed by atoms with Crippen LogP contribution in [0.15, 0.2) is 30.5 Å². The third-order valence-electron chi connectivity index (χ3n) is 3.38. The van der Waals surface area contributed by atoms with Gasteiger partial charge in [0.1, 0.15) is 0 Å². The molecule has 2 aromatic rings. The molecule has 1 aromatic heterocycles. The Morgan fingerprint density at radius 2 is 2.00 bits per heavy atom. The van der Waals surface area contributed by atoms with E-state index in [0.717, 1.165) is 30.5 Å². The SMILES string of the molecule is CC(C)(C)NCCCCn1ccc2cc(C#N)ccc21. The summed E-state index contributed by atoms with van der Waals surface area (Å²) in [7, 11) is 0. The smallest absolute Gasteiger partial charge is 0.0991 e. The maximum Gasteiger partial charge on any atom is 0.0991 e. The lowest BCUT2D eigenvalue weighted by molar-refractivity contribution is 0.415. The van der Waals surface area contributed by atoms with Gasteiger partial charge in [0.05, 0.1) is 11.6 Å². The van der Waals surface area contributed by atoms with Crippen molar-refractivity contribution >= 4 is 10.9 Å². The van der Waals surface area contributed by atoms with Crippen LogP contribution >= 0.6 is 0 Å². The lowest BCUT2D eigenvalue weighted by Gasteiger charge is -2.20. The van der Waals surface area contributed by atoms with E-state index in [4.69, 9.17) is 5.26 Å². The maximum absolute atomic E-state index is 8.91. The molecule has 0 atom stereocenters. The van der Waals surface area contributed by atoms with E-state index in [-0.39, 0.29) is 5.54 Å². The minimum Gasteiger partial charge on any atom is -0.347 e. The Bertz CT molecular complexity index is 611. The van der Waals surface area contributed by atoms with E-state index in [2.05, 4.69) is 49.0 Å². The lowest BCUT2D eigenvalue weighted by atomic mass is 10.1. The molecule has 0 saturated heterocycles. The molecule has 0 saturated carbocycles. The van der Waals surface area contributed by atoms with Gasteiger partial charge in [0.25, 0.3) is 0 Å². The zero-order valence-corrected chi connectivity index (χ0v) is 12.6. The first-order valence-corrected chi connectivity index (χ1v) is 7.24. The van der Waals surface area contributed by atoms with E-state index in [9.17, 15) is 0 Å². The van der Waals surface area contributed by atoms with Crippen molar-refractivity contribution in [2.45, 2.75) is 45.7 Å². The maximum atomic E-state index is 8.91. The molecule has 1 aromatic carbocycles. The standard InChI is InChI=1S/C17H23N3/c1-17(2,3)19-9-4-5-10-20-11-8-15-12-14(13-18)6-7-16(15)20/h6-8,11-12,19H,4-5,9-10H2,1-3H3. The predicted octanol–water partition coefficient (Wildman–Crippen LogP) is 3.68. The molecular formula is C17H23N3. The monoisotopic (exact) mass is 269 g/mol. The van der Waals surface area contributed by atoms with Crippen LogP contribution in [0.5, 0.6) is 0 Å². The summed E-state index contributed by atoms with van der Waals surface area (Å²) in [6, 6.07) is 10.2. The number of aromatic nitrogens is 1. The summed E-state index contributed by atoms with van der Waals surface area (Å²) in [5.41, 5.74) is 2.14. The minimum atomic E-state index is 0.202. The third-order valence-corrected chi connectivity index (χ3v) is 3.38. The van der Waals surface area contributed by atoms with E-state index in [1.54, 1.807) is 0 Å². The molecule has 1 heterocycles. The van der Waals surface area contributed by atoms with Gasteiger partial charge >= 0.3 is 0 Å². The first kappa shape index (κ1) is 14.6. The minimum absolute atomic E-state index is 0.202. The molecule has 0 spiro atoms. The van der Waals surface area contributed by atoms with Crippen molar-refractivity contribution < 1.29 is 0 Å². The number of rotatable bonds is 5. The number of unbranched alkanes of at least 4 members (excludes halogenated alkanes) is 1. The van der Waals surface area contributed by atoms with Crippen LogP contribution in [-0.4, -0.2) is 16.7 Å². The lowest BCUT2D eigenvalue weighted by Crippen LogP contribution is -2.36. The molecule has 3 heteroatoms. The van der Waals surface area contributed by atoms with Crippen LogP contribution in [0.25, 0.3) is 10.9 Å². The van der Waals surface area contributed by atoms with Gasteiger partial charge in [-0.25, -0.2) is 0 Å². The molecule has 0 radical (unpaired) electrons. The molecule has 0 aliphatic heterocycles. The fourth-order valence-electron chi connectivity index (χ4n) is 2.34. The van der Waals surface area contributed by atoms with Crippen molar-refractivity contribution in [2.75, 3.05) is 6.54 Å². The Morgan fingerprint density at radius 3 is 2.70 bits per heavy atom. The van der Waals surface area contributed by atoms with Crippen molar-refractivity contribution in [3.8, 4) is 6.07 Å². The molecule has 2 rings (SSSR count). The molecule has 0 aliphatic carbocycles. The highest BCUT2D eigenvalue weighted by Crippen LogP contribution is 2.18. The second-order valence-corrected chi connectivity index (χ2v) is 6.28. The number of nitrogens with one attached hydrogen (secondary N) is 1. The summed E-state index contributed by atoms with van der Waals surface area (Å²) in [6.07, 6.45) is 4.45. The Morgan fingerprint density at radius 1 is 1.20 bits per heavy atom. The number of benzene rings is 1. The van der Waals surface area contributed by atoms with Gasteiger partial charge in [-0.2, -0.15) is 5.26 Å². The van der Waals surface area contributed by atoms with Gasteiger partial charge in [0.15, 0.2) is 0 Å². The molecule has 0 amide bonds. The second kappa shape index (κ2) is 6.11. The van der Waals surface area contributed by atoms with Crippen LogP contribution in [0.2, 0.25) is 0 Å². The van der Waals surface area contributed by atoms with Gasteiger partial charge in [0.2, 0.25) is 0 Å². The number of nitrogens with zero attached hydrogens (tertiary/aromatic N) is 2. The van der Waals surface area contributed by atoms with Crippen LogP contribution in [0.4, 0.5) is 0 Å². The molecule has 106 valence electrons. The van der Waals surface area contributed by atoms with Gasteiger partial charge in [-0.1, -0.05) is 0 Å². The molecular weight excluding hydrogens is 246 g/mol. The fourth-order valence-corrected chi connectivity index (χ4v) is 2.34. The molecule has 0 fully saturated rings. The normalized spacial score (nSPS) is 11.7. The molecule has 20 heavy (non-hydrogen) atoms. The summed E-state index contributed by atoms with van der Waals surface area (Å²) in [4.78, 5) is 0. The number of nitriles is 1. The molecule has 3 nitrogen and oxygen atoms in total. The summed E-state index contributed by atoms with van der Waals surface area (Å²) in [6.45, 7) is 8.67. The molecule has 0 unspecified atom stereocenters. The van der Waals surface area contributed by atoms with Crippen LogP contribution < -0.4 is 5.32 Å².